The molecule has 6 aromatic carbocycles. The molecule has 0 bridgehead atoms. The number of fused-ring (bicyclic) bond motifs is 4. The first-order chi connectivity index (χ1) is 23.1. The molecule has 0 N–H and O–H groups in total. The van der Waals surface area contributed by atoms with Crippen LogP contribution < -0.4 is 0 Å². The van der Waals surface area contributed by atoms with Crippen LogP contribution in [0.4, 0.5) is 0 Å². The summed E-state index contributed by atoms with van der Waals surface area (Å²) in [5.74, 6) is 0. The van der Waals surface area contributed by atoms with Crippen molar-refractivity contribution in [1.82, 2.24) is 4.57 Å². The zero-order valence-corrected chi connectivity index (χ0v) is 35.6. The van der Waals surface area contributed by atoms with Crippen molar-refractivity contribution < 1.29 is 0 Å². The van der Waals surface area contributed by atoms with Crippen LogP contribution in [0.3, 0.4) is 0 Å². The van der Waals surface area contributed by atoms with Gasteiger partial charge in [-0.15, -0.1) is 0 Å². The lowest BCUT2D eigenvalue weighted by molar-refractivity contribution is 0.838. The van der Waals surface area contributed by atoms with Gasteiger partial charge in [0.1, 0.15) is 0 Å². The molecule has 7 aromatic rings. The van der Waals surface area contributed by atoms with E-state index in [0.29, 0.717) is 0 Å². The van der Waals surface area contributed by atoms with Crippen LogP contribution in [-0.2, 0) is 12.8 Å². The fraction of sp³-hybridized carbons (Fsp3) is 0.0732. The maximum Gasteiger partial charge on any atom is 0.0541 e. The Bertz CT molecular complexity index is 2070. The van der Waals surface area contributed by atoms with E-state index in [2.05, 4.69) is 205 Å². The lowest BCUT2D eigenvalue weighted by Gasteiger charge is -2.17. The summed E-state index contributed by atoms with van der Waals surface area (Å²) >= 11 is 20.8. The van der Waals surface area contributed by atoms with Gasteiger partial charge in [0, 0.05) is 43.3 Å². The van der Waals surface area contributed by atoms with Crippen molar-refractivity contribution >= 4 is 123 Å². The van der Waals surface area contributed by atoms with Crippen LogP contribution in [-0.4, -0.2) is 4.57 Å². The topological polar surface area (TPSA) is 4.93 Å². The molecule has 0 spiro atoms. The van der Waals surface area contributed by atoms with Gasteiger partial charge in [-0.3, -0.25) is 0 Å². The van der Waals surface area contributed by atoms with Gasteiger partial charge in [0.25, 0.3) is 0 Å². The van der Waals surface area contributed by atoms with Crippen molar-refractivity contribution in [3.8, 4) is 5.69 Å². The molecule has 0 saturated heterocycles. The summed E-state index contributed by atoms with van der Waals surface area (Å²) in [7, 11) is 0. The number of nitrogens with zero attached hydrogens (tertiary/aromatic N) is 1. The Balaban J connectivity index is 0.000000143. The number of hydrogen-bond donors (Lipinski definition) is 0. The van der Waals surface area contributed by atoms with E-state index in [-0.39, 0.29) is 0 Å². The fourth-order valence-corrected chi connectivity index (χ4v) is 7.06. The predicted molar refractivity (Wildman–Crippen MR) is 229 cm³/mol. The van der Waals surface area contributed by atoms with E-state index in [1.807, 2.05) is 42.5 Å². The van der Waals surface area contributed by atoms with Crippen molar-refractivity contribution in [2.24, 2.45) is 0 Å². The second-order valence-electron chi connectivity index (χ2n) is 11.1. The largest absolute Gasteiger partial charge is 0.309 e. The SMILES string of the molecule is Brc1ccc(-n2c3ccc(Br)cc3c3cc(Br)ccc32)cc1.Brc1ccc2c(c1)CC2.C=Cc1ccc(Br)cc1.Cc1ccc(Br)cc1. The monoisotopic (exact) mass is 1010 g/mol. The number of halogens is 6. The summed E-state index contributed by atoms with van der Waals surface area (Å²) in [4.78, 5) is 0. The van der Waals surface area contributed by atoms with E-state index in [9.17, 15) is 0 Å². The summed E-state index contributed by atoms with van der Waals surface area (Å²) in [6.45, 7) is 5.72. The zero-order valence-electron chi connectivity index (χ0n) is 26.0. The number of aryl methyl sites for hydroxylation is 3. The maximum absolute atomic E-state index is 3.65. The van der Waals surface area contributed by atoms with Crippen molar-refractivity contribution in [1.29, 1.82) is 0 Å². The normalized spacial score (nSPS) is 11.1. The molecule has 0 aliphatic heterocycles. The van der Waals surface area contributed by atoms with Gasteiger partial charge in [0.15, 0.2) is 0 Å². The van der Waals surface area contributed by atoms with Gasteiger partial charge in [0.2, 0.25) is 0 Å². The van der Waals surface area contributed by atoms with Gasteiger partial charge in [-0.05, 0) is 134 Å². The minimum Gasteiger partial charge on any atom is -0.309 e. The Morgan fingerprint density at radius 3 is 1.31 bits per heavy atom. The molecule has 0 amide bonds. The Labute approximate surface area is 333 Å². The quantitative estimate of drug-likeness (QED) is 0.163. The highest BCUT2D eigenvalue weighted by molar-refractivity contribution is 9.11. The van der Waals surface area contributed by atoms with Gasteiger partial charge in [0.05, 0.1) is 11.0 Å². The van der Waals surface area contributed by atoms with E-state index >= 15 is 0 Å². The highest BCUT2D eigenvalue weighted by atomic mass is 79.9. The van der Waals surface area contributed by atoms with E-state index in [0.717, 1.165) is 33.6 Å². The molecular formula is C41H31Br6N. The van der Waals surface area contributed by atoms with Crippen LogP contribution in [0.5, 0.6) is 0 Å². The Kier molecular flexibility index (Phi) is 13.6. The standard InChI is InChI=1S/C18H10Br3N.2C8H7Br.C7H7Br/c19-11-1-5-14(6-2-11)22-17-7-3-12(20)9-15(17)16-10-13(21)4-8-18(16)22;9-8-4-3-6-1-2-7(6)5-8;1-2-7-3-5-8(9)6-4-7;1-6-2-4-7(8)5-3-6/h1-10H;3-5H,1-2H2;2-6H,1H2;2-5H,1H3. The van der Waals surface area contributed by atoms with E-state index in [1.54, 1.807) is 0 Å². The molecule has 0 radical (unpaired) electrons. The molecular weight excluding hydrogens is 986 g/mol. The van der Waals surface area contributed by atoms with Crippen LogP contribution in [0.15, 0.2) is 161 Å². The van der Waals surface area contributed by atoms with E-state index < -0.39 is 0 Å². The van der Waals surface area contributed by atoms with Crippen molar-refractivity contribution in [2.75, 3.05) is 0 Å². The van der Waals surface area contributed by atoms with Gasteiger partial charge in [-0.2, -0.15) is 0 Å². The van der Waals surface area contributed by atoms with Crippen LogP contribution in [0.2, 0.25) is 0 Å². The lowest BCUT2D eigenvalue weighted by Crippen LogP contribution is -2.06. The smallest absolute Gasteiger partial charge is 0.0541 e. The highest BCUT2D eigenvalue weighted by Gasteiger charge is 2.13. The summed E-state index contributed by atoms with van der Waals surface area (Å²) in [6, 6.07) is 44.0. The van der Waals surface area contributed by atoms with E-state index in [4.69, 9.17) is 0 Å². The van der Waals surface area contributed by atoms with Gasteiger partial charge in [-0.1, -0.05) is 144 Å². The summed E-state index contributed by atoms with van der Waals surface area (Å²) < 4.78 is 9.03. The summed E-state index contributed by atoms with van der Waals surface area (Å²) in [5, 5.41) is 2.49. The number of rotatable bonds is 2. The molecule has 1 aromatic heterocycles. The first kappa shape index (κ1) is 37.0. The fourth-order valence-electron chi connectivity index (χ4n) is 5.13. The molecule has 1 nitrogen and oxygen atoms in total. The van der Waals surface area contributed by atoms with Gasteiger partial charge >= 0.3 is 0 Å². The molecule has 1 aliphatic rings. The third-order valence-corrected chi connectivity index (χ3v) is 10.8. The first-order valence-electron chi connectivity index (χ1n) is 15.1. The molecule has 0 unspecified atom stereocenters. The Morgan fingerprint density at radius 2 is 0.896 bits per heavy atom. The van der Waals surface area contributed by atoms with Gasteiger partial charge in [-0.25, -0.2) is 0 Å². The predicted octanol–water partition coefficient (Wildman–Crippen LogP) is 15.5. The second-order valence-corrected chi connectivity index (χ2v) is 16.6. The molecule has 0 fully saturated rings. The summed E-state index contributed by atoms with van der Waals surface area (Å²) in [5.41, 5.74) is 9.07. The number of benzene rings is 6. The molecule has 242 valence electrons. The third-order valence-electron chi connectivity index (χ3n) is 7.72. The number of aromatic nitrogens is 1. The molecule has 7 heteroatoms. The highest BCUT2D eigenvalue weighted by Crippen LogP contribution is 2.35. The molecule has 48 heavy (non-hydrogen) atoms. The van der Waals surface area contributed by atoms with Crippen molar-refractivity contribution in [3.63, 3.8) is 0 Å². The average Bonchev–Trinajstić information content (AvgIpc) is 3.38. The van der Waals surface area contributed by atoms with Crippen LogP contribution in [0.1, 0.15) is 22.3 Å². The molecule has 0 atom stereocenters. The average molecular weight is 1020 g/mol. The number of hydrogen-bond acceptors (Lipinski definition) is 0. The Hall–Kier alpha value is -2.26. The molecule has 1 heterocycles. The van der Waals surface area contributed by atoms with Crippen molar-refractivity contribution in [2.45, 2.75) is 19.8 Å². The molecule has 8 rings (SSSR count). The van der Waals surface area contributed by atoms with Crippen molar-refractivity contribution in [3.05, 3.63) is 183 Å². The minimum atomic E-state index is 1.09. The zero-order chi connectivity index (χ0) is 34.2. The minimum absolute atomic E-state index is 1.09. The van der Waals surface area contributed by atoms with E-state index in [1.165, 1.54) is 55.8 Å². The second kappa shape index (κ2) is 17.6. The first-order valence-corrected chi connectivity index (χ1v) is 19.9. The molecule has 1 aliphatic carbocycles. The molecule has 0 saturated carbocycles. The van der Waals surface area contributed by atoms with Crippen LogP contribution in [0, 0.1) is 6.92 Å². The summed E-state index contributed by atoms with van der Waals surface area (Å²) in [6.07, 6.45) is 4.38. The van der Waals surface area contributed by atoms with Gasteiger partial charge < -0.3 is 4.57 Å². The maximum atomic E-state index is 3.65. The Morgan fingerprint density at radius 1 is 0.479 bits per heavy atom. The van der Waals surface area contributed by atoms with Crippen LogP contribution >= 0.6 is 95.6 Å². The lowest BCUT2D eigenvalue weighted by atomic mass is 9.89. The third kappa shape index (κ3) is 9.92. The van der Waals surface area contributed by atoms with Crippen LogP contribution in [0.25, 0.3) is 33.6 Å².